The number of nitrogens with zero attached hydrogens (tertiary/aromatic N) is 2. The van der Waals surface area contributed by atoms with Gasteiger partial charge in [0.15, 0.2) is 0 Å². The van der Waals surface area contributed by atoms with Gasteiger partial charge in [0.2, 0.25) is 5.91 Å². The first-order chi connectivity index (χ1) is 16.8. The van der Waals surface area contributed by atoms with Crippen molar-refractivity contribution in [1.29, 1.82) is 0 Å². The minimum atomic E-state index is -1.07. The van der Waals surface area contributed by atoms with Crippen LogP contribution in [0.1, 0.15) is 53.8 Å². The van der Waals surface area contributed by atoms with Gasteiger partial charge in [-0.15, -0.1) is 0 Å². The molecule has 2 aliphatic heterocycles. The van der Waals surface area contributed by atoms with E-state index in [9.17, 15) is 18.8 Å². The summed E-state index contributed by atoms with van der Waals surface area (Å²) in [6.07, 6.45) is 1.37. The van der Waals surface area contributed by atoms with Gasteiger partial charge < -0.3 is 15.0 Å². The molecule has 0 aromatic heterocycles. The lowest BCUT2D eigenvalue weighted by molar-refractivity contribution is -0.128. The lowest BCUT2D eigenvalue weighted by Gasteiger charge is -2.44. The topological polar surface area (TPSA) is 79.0 Å². The van der Waals surface area contributed by atoms with Crippen LogP contribution in [-0.4, -0.2) is 65.0 Å². The van der Waals surface area contributed by atoms with Crippen molar-refractivity contribution in [1.82, 2.24) is 15.1 Å². The van der Waals surface area contributed by atoms with Gasteiger partial charge in [0.25, 0.3) is 11.8 Å². The molecule has 9 heteroatoms. The number of nitrogens with one attached hydrogen (secondary N) is 1. The van der Waals surface area contributed by atoms with E-state index in [0.29, 0.717) is 36.5 Å². The number of carbonyl (C=O) groups is 3. The average Bonchev–Trinajstić information content (AvgIpc) is 3.22. The molecular weight excluding hydrogens is 473 g/mol. The molecule has 2 atom stereocenters. The largest absolute Gasteiger partial charge is 0.353 e. The highest BCUT2D eigenvalue weighted by Crippen LogP contribution is 2.39. The normalized spacial score (nSPS) is 20.1. The van der Waals surface area contributed by atoms with E-state index in [1.807, 2.05) is 13.8 Å². The second kappa shape index (κ2) is 10.3. The fourth-order valence-electron chi connectivity index (χ4n) is 4.63. The van der Waals surface area contributed by atoms with Crippen LogP contribution >= 0.6 is 11.6 Å². The molecule has 186 valence electrons. The Morgan fingerprint density at radius 1 is 1.14 bits per heavy atom. The predicted molar refractivity (Wildman–Crippen MR) is 130 cm³/mol. The Bertz CT molecular complexity index is 1120. The number of hydrogen-bond acceptors (Lipinski definition) is 4. The summed E-state index contributed by atoms with van der Waals surface area (Å²) in [4.78, 5) is 42.9. The molecular formula is C26H29ClFN3O4. The van der Waals surface area contributed by atoms with Crippen LogP contribution in [0.15, 0.2) is 48.5 Å². The fourth-order valence-corrected chi connectivity index (χ4v) is 4.85. The monoisotopic (exact) mass is 501 g/mol. The standard InChI is InChI=1S/C26H29ClFN3O4/c1-3-17(2)29-23(32)22-16-35-26(31(22)24(33)18-7-6-8-19(28)15-18)11-13-30(14-12-26)25(34)20-9-4-5-10-21(20)27/h4-10,15,17,22H,3,11-14,16H2,1-2H3,(H,29,32)/t17-,22+/m1/s1. The first-order valence-electron chi connectivity index (χ1n) is 11.8. The zero-order valence-corrected chi connectivity index (χ0v) is 20.6. The van der Waals surface area contributed by atoms with Crippen molar-refractivity contribution in [2.45, 2.75) is 50.9 Å². The van der Waals surface area contributed by atoms with Gasteiger partial charge in [0.1, 0.15) is 17.6 Å². The van der Waals surface area contributed by atoms with E-state index in [-0.39, 0.29) is 30.0 Å². The SMILES string of the molecule is CC[C@@H](C)NC(=O)[C@@H]1COC2(CCN(C(=O)c3ccccc3Cl)CC2)N1C(=O)c1cccc(F)c1. The number of piperidine rings is 1. The van der Waals surface area contributed by atoms with Crippen molar-refractivity contribution in [2.24, 2.45) is 0 Å². The van der Waals surface area contributed by atoms with E-state index in [1.54, 1.807) is 29.2 Å². The summed E-state index contributed by atoms with van der Waals surface area (Å²) in [5.74, 6) is -1.52. The summed E-state index contributed by atoms with van der Waals surface area (Å²) in [6, 6.07) is 11.3. The molecule has 4 rings (SSSR count). The number of halogens is 2. The molecule has 2 aromatic rings. The maximum absolute atomic E-state index is 13.9. The first-order valence-corrected chi connectivity index (χ1v) is 12.2. The van der Waals surface area contributed by atoms with Gasteiger partial charge in [0, 0.05) is 37.5 Å². The zero-order valence-electron chi connectivity index (χ0n) is 19.8. The Labute approximate surface area is 209 Å². The minimum Gasteiger partial charge on any atom is -0.353 e. The molecule has 0 radical (unpaired) electrons. The lowest BCUT2D eigenvalue weighted by atomic mass is 9.96. The third-order valence-corrected chi connectivity index (χ3v) is 7.12. The third kappa shape index (κ3) is 5.04. The van der Waals surface area contributed by atoms with Crippen molar-refractivity contribution in [3.8, 4) is 0 Å². The second-order valence-corrected chi connectivity index (χ2v) is 9.46. The molecule has 2 aromatic carbocycles. The van der Waals surface area contributed by atoms with Crippen molar-refractivity contribution in [2.75, 3.05) is 19.7 Å². The fraction of sp³-hybridized carbons (Fsp3) is 0.423. The van der Waals surface area contributed by atoms with Crippen LogP contribution in [0.3, 0.4) is 0 Å². The van der Waals surface area contributed by atoms with E-state index in [0.717, 1.165) is 12.5 Å². The van der Waals surface area contributed by atoms with Crippen LogP contribution in [0, 0.1) is 5.82 Å². The summed E-state index contributed by atoms with van der Waals surface area (Å²) >= 11 is 6.21. The Morgan fingerprint density at radius 3 is 2.51 bits per heavy atom. The van der Waals surface area contributed by atoms with Crippen LogP contribution in [0.5, 0.6) is 0 Å². The van der Waals surface area contributed by atoms with E-state index in [2.05, 4.69) is 5.32 Å². The lowest BCUT2D eigenvalue weighted by Crippen LogP contribution is -2.60. The maximum atomic E-state index is 13.9. The third-order valence-electron chi connectivity index (χ3n) is 6.79. The summed E-state index contributed by atoms with van der Waals surface area (Å²) in [5.41, 5.74) is -0.514. The molecule has 2 fully saturated rings. The van der Waals surface area contributed by atoms with Gasteiger partial charge in [0.05, 0.1) is 17.2 Å². The average molecular weight is 502 g/mol. The Balaban J connectivity index is 1.59. The van der Waals surface area contributed by atoms with Gasteiger partial charge in [-0.2, -0.15) is 0 Å². The number of hydrogen-bond donors (Lipinski definition) is 1. The highest BCUT2D eigenvalue weighted by molar-refractivity contribution is 6.33. The van der Waals surface area contributed by atoms with Gasteiger partial charge in [-0.1, -0.05) is 36.7 Å². The molecule has 7 nitrogen and oxygen atoms in total. The molecule has 0 saturated carbocycles. The van der Waals surface area contributed by atoms with Crippen LogP contribution < -0.4 is 5.32 Å². The van der Waals surface area contributed by atoms with Gasteiger partial charge >= 0.3 is 0 Å². The van der Waals surface area contributed by atoms with Gasteiger partial charge in [-0.25, -0.2) is 4.39 Å². The minimum absolute atomic E-state index is 0.0295. The highest BCUT2D eigenvalue weighted by atomic mass is 35.5. The molecule has 0 unspecified atom stereocenters. The number of benzene rings is 2. The molecule has 1 N–H and O–H groups in total. The summed E-state index contributed by atoms with van der Waals surface area (Å²) in [7, 11) is 0. The van der Waals surface area contributed by atoms with E-state index in [1.165, 1.54) is 23.1 Å². The van der Waals surface area contributed by atoms with Crippen LogP contribution in [0.25, 0.3) is 0 Å². The highest BCUT2D eigenvalue weighted by Gasteiger charge is 2.54. The van der Waals surface area contributed by atoms with E-state index < -0.39 is 23.5 Å². The smallest absolute Gasteiger partial charge is 0.256 e. The molecule has 2 aliphatic rings. The quantitative estimate of drug-likeness (QED) is 0.674. The van der Waals surface area contributed by atoms with Crippen LogP contribution in [-0.2, 0) is 9.53 Å². The zero-order chi connectivity index (χ0) is 25.2. The number of amides is 3. The maximum Gasteiger partial charge on any atom is 0.256 e. The molecule has 2 heterocycles. The Kier molecular flexibility index (Phi) is 7.42. The summed E-state index contributed by atoms with van der Waals surface area (Å²) in [6.45, 7) is 4.51. The molecule has 2 saturated heterocycles. The molecule has 35 heavy (non-hydrogen) atoms. The van der Waals surface area contributed by atoms with Crippen molar-refractivity contribution in [3.05, 3.63) is 70.5 Å². The molecule has 3 amide bonds. The number of likely N-dealkylation sites (tertiary alicyclic amines) is 1. The second-order valence-electron chi connectivity index (χ2n) is 9.05. The Hall–Kier alpha value is -2.97. The summed E-state index contributed by atoms with van der Waals surface area (Å²) < 4.78 is 20.1. The predicted octanol–water partition coefficient (Wildman–Crippen LogP) is 3.87. The van der Waals surface area contributed by atoms with Crippen molar-refractivity contribution < 1.29 is 23.5 Å². The number of rotatable bonds is 5. The first kappa shape index (κ1) is 25.1. The number of carbonyl (C=O) groups excluding carboxylic acids is 3. The van der Waals surface area contributed by atoms with Crippen molar-refractivity contribution >= 4 is 29.3 Å². The van der Waals surface area contributed by atoms with Crippen LogP contribution in [0.4, 0.5) is 4.39 Å². The Morgan fingerprint density at radius 2 is 1.86 bits per heavy atom. The molecule has 0 bridgehead atoms. The molecule has 1 spiro atoms. The van der Waals surface area contributed by atoms with Gasteiger partial charge in [-0.3, -0.25) is 19.3 Å². The van der Waals surface area contributed by atoms with E-state index >= 15 is 0 Å². The molecule has 0 aliphatic carbocycles. The van der Waals surface area contributed by atoms with Gasteiger partial charge in [-0.05, 0) is 43.7 Å². The number of ether oxygens (including phenoxy) is 1. The van der Waals surface area contributed by atoms with Crippen LogP contribution in [0.2, 0.25) is 5.02 Å². The van der Waals surface area contributed by atoms with E-state index in [4.69, 9.17) is 16.3 Å². The van der Waals surface area contributed by atoms with Crippen molar-refractivity contribution in [3.63, 3.8) is 0 Å². The summed E-state index contributed by atoms with van der Waals surface area (Å²) in [5, 5.41) is 3.30.